The molecule has 0 atom stereocenters. The Bertz CT molecular complexity index is 1240. The van der Waals surface area contributed by atoms with Crippen molar-refractivity contribution in [1.29, 1.82) is 0 Å². The number of nitrogens with one attached hydrogen (secondary N) is 1. The van der Waals surface area contributed by atoms with Crippen LogP contribution in [-0.2, 0) is 10.0 Å². The van der Waals surface area contributed by atoms with E-state index in [0.29, 0.717) is 40.2 Å². The Morgan fingerprint density at radius 3 is 2.22 bits per heavy atom. The molecular weight excluding hydrogens is 476 g/mol. The molecule has 196 valence electrons. The van der Waals surface area contributed by atoms with Crippen LogP contribution in [-0.4, -0.2) is 51.6 Å². The zero-order chi connectivity index (χ0) is 26.1. The molecule has 0 aliphatic heterocycles. The average Bonchev–Trinajstić information content (AvgIpc) is 3.18. The largest absolute Gasteiger partial charge is 0.494 e. The van der Waals surface area contributed by atoms with Gasteiger partial charge in [-0.05, 0) is 69.6 Å². The van der Waals surface area contributed by atoms with E-state index in [2.05, 4.69) is 23.5 Å². The summed E-state index contributed by atoms with van der Waals surface area (Å²) < 4.78 is 37.6. The third kappa shape index (κ3) is 7.58. The van der Waals surface area contributed by atoms with Gasteiger partial charge >= 0.3 is 0 Å². The van der Waals surface area contributed by atoms with Gasteiger partial charge in [0.15, 0.2) is 11.4 Å². The number of para-hydroxylation sites is 1. The Morgan fingerprint density at radius 2 is 1.61 bits per heavy atom. The summed E-state index contributed by atoms with van der Waals surface area (Å²) in [7, 11) is -3.48. The van der Waals surface area contributed by atoms with Gasteiger partial charge in [-0.3, -0.25) is 9.52 Å². The van der Waals surface area contributed by atoms with Gasteiger partial charge in [0, 0.05) is 17.5 Å². The van der Waals surface area contributed by atoms with Crippen molar-refractivity contribution in [2.75, 3.05) is 37.2 Å². The maximum Gasteiger partial charge on any atom is 0.229 e. The van der Waals surface area contributed by atoms with Crippen molar-refractivity contribution in [1.82, 2.24) is 4.90 Å². The van der Waals surface area contributed by atoms with Crippen molar-refractivity contribution in [3.05, 3.63) is 59.4 Å². The summed E-state index contributed by atoms with van der Waals surface area (Å²) in [6, 6.07) is 12.2. The number of carbonyl (C=O) groups is 1. The molecule has 1 aromatic heterocycles. The van der Waals surface area contributed by atoms with E-state index < -0.39 is 10.0 Å². The van der Waals surface area contributed by atoms with Crippen LogP contribution >= 0.6 is 0 Å². The molecular formula is C28H38N2O5S. The van der Waals surface area contributed by atoms with E-state index in [4.69, 9.17) is 9.15 Å². The molecule has 1 heterocycles. The number of ether oxygens (including phenoxy) is 1. The number of furan rings is 1. The maximum absolute atomic E-state index is 13.3. The van der Waals surface area contributed by atoms with Gasteiger partial charge in [0.2, 0.25) is 10.0 Å². The SMILES string of the molecule is CCCCN(CCCC)CCCOc1ccc(C(=O)c2c(C)oc3c(NS(C)(=O)=O)cccc23)cc1. The quantitative estimate of drug-likeness (QED) is 0.197. The van der Waals surface area contributed by atoms with Gasteiger partial charge in [0.25, 0.3) is 0 Å². The second-order valence-electron chi connectivity index (χ2n) is 9.19. The monoisotopic (exact) mass is 514 g/mol. The molecule has 3 aromatic rings. The molecule has 0 aliphatic carbocycles. The van der Waals surface area contributed by atoms with Crippen LogP contribution in [0, 0.1) is 6.92 Å². The van der Waals surface area contributed by atoms with Crippen molar-refractivity contribution >= 4 is 32.5 Å². The van der Waals surface area contributed by atoms with Crippen LogP contribution in [0.4, 0.5) is 5.69 Å². The number of hydrogen-bond donors (Lipinski definition) is 1. The van der Waals surface area contributed by atoms with E-state index in [1.165, 1.54) is 25.7 Å². The molecule has 0 bridgehead atoms. The zero-order valence-corrected chi connectivity index (χ0v) is 22.6. The van der Waals surface area contributed by atoms with Gasteiger partial charge in [-0.25, -0.2) is 8.42 Å². The smallest absolute Gasteiger partial charge is 0.229 e. The number of hydrogen-bond acceptors (Lipinski definition) is 6. The molecule has 8 heteroatoms. The second kappa shape index (κ2) is 12.9. The van der Waals surface area contributed by atoms with Crippen molar-refractivity contribution in [3.8, 4) is 5.75 Å². The number of aryl methyl sites for hydroxylation is 1. The molecule has 0 aliphatic rings. The number of rotatable bonds is 15. The van der Waals surface area contributed by atoms with Gasteiger partial charge in [-0.1, -0.05) is 38.8 Å². The van der Waals surface area contributed by atoms with Crippen molar-refractivity contribution in [2.24, 2.45) is 0 Å². The van der Waals surface area contributed by atoms with Gasteiger partial charge in [-0.2, -0.15) is 0 Å². The third-order valence-electron chi connectivity index (χ3n) is 6.07. The Balaban J connectivity index is 1.64. The number of fused-ring (bicyclic) bond motifs is 1. The third-order valence-corrected chi connectivity index (χ3v) is 6.66. The summed E-state index contributed by atoms with van der Waals surface area (Å²) in [6.07, 6.45) is 6.89. The van der Waals surface area contributed by atoms with E-state index in [1.54, 1.807) is 37.3 Å². The Hall–Kier alpha value is -2.84. The van der Waals surface area contributed by atoms with E-state index in [0.717, 1.165) is 38.1 Å². The molecule has 0 fully saturated rings. The van der Waals surface area contributed by atoms with Gasteiger partial charge in [-0.15, -0.1) is 0 Å². The molecule has 2 aromatic carbocycles. The van der Waals surface area contributed by atoms with Crippen molar-refractivity contribution < 1.29 is 22.4 Å². The first-order chi connectivity index (χ1) is 17.2. The topological polar surface area (TPSA) is 88.8 Å². The minimum atomic E-state index is -3.48. The second-order valence-corrected chi connectivity index (χ2v) is 10.9. The summed E-state index contributed by atoms with van der Waals surface area (Å²) in [5.41, 5.74) is 1.59. The lowest BCUT2D eigenvalue weighted by Gasteiger charge is -2.21. The zero-order valence-electron chi connectivity index (χ0n) is 21.8. The van der Waals surface area contributed by atoms with Crippen molar-refractivity contribution in [2.45, 2.75) is 52.9 Å². The first-order valence-corrected chi connectivity index (χ1v) is 14.6. The standard InChI is InChI=1S/C28H38N2O5S/c1-5-7-17-30(18-8-6-2)19-10-20-34-23-15-13-22(14-16-23)27(31)26-21(3)35-28-24(26)11-9-12-25(28)29-36(4,32)33/h9,11-16,29H,5-8,10,17-20H2,1-4H3. The van der Waals surface area contributed by atoms with Gasteiger partial charge in [0.1, 0.15) is 11.5 Å². The summed E-state index contributed by atoms with van der Waals surface area (Å²) in [5.74, 6) is 0.985. The number of benzene rings is 2. The molecule has 0 saturated carbocycles. The molecule has 0 spiro atoms. The number of nitrogens with zero attached hydrogens (tertiary/aromatic N) is 1. The van der Waals surface area contributed by atoms with Crippen LogP contribution < -0.4 is 9.46 Å². The number of unbranched alkanes of at least 4 members (excludes halogenated alkanes) is 2. The van der Waals surface area contributed by atoms with Crippen LogP contribution in [0.25, 0.3) is 11.0 Å². The summed E-state index contributed by atoms with van der Waals surface area (Å²) in [5, 5.41) is 0.571. The fraction of sp³-hybridized carbons (Fsp3) is 0.464. The molecule has 3 rings (SSSR count). The first kappa shape index (κ1) is 27.7. The van der Waals surface area contributed by atoms with Crippen LogP contribution in [0.2, 0.25) is 0 Å². The molecule has 1 N–H and O–H groups in total. The predicted octanol–water partition coefficient (Wildman–Crippen LogP) is 6.01. The van der Waals surface area contributed by atoms with Crippen LogP contribution in [0.5, 0.6) is 5.75 Å². The molecule has 0 saturated heterocycles. The highest BCUT2D eigenvalue weighted by Gasteiger charge is 2.22. The Morgan fingerprint density at radius 1 is 0.972 bits per heavy atom. The number of anilines is 1. The fourth-order valence-corrected chi connectivity index (χ4v) is 4.78. The van der Waals surface area contributed by atoms with Crippen LogP contribution in [0.3, 0.4) is 0 Å². The fourth-order valence-electron chi connectivity index (χ4n) is 4.22. The molecule has 0 radical (unpaired) electrons. The number of carbonyl (C=O) groups excluding carboxylic acids is 1. The lowest BCUT2D eigenvalue weighted by Crippen LogP contribution is -2.28. The van der Waals surface area contributed by atoms with E-state index in [9.17, 15) is 13.2 Å². The Labute approximate surface area is 214 Å². The molecule has 36 heavy (non-hydrogen) atoms. The summed E-state index contributed by atoms with van der Waals surface area (Å²) in [4.78, 5) is 15.8. The van der Waals surface area contributed by atoms with Crippen LogP contribution in [0.1, 0.15) is 67.6 Å². The molecule has 0 amide bonds. The van der Waals surface area contributed by atoms with Gasteiger partial charge < -0.3 is 14.1 Å². The lowest BCUT2D eigenvalue weighted by molar-refractivity contribution is 0.103. The van der Waals surface area contributed by atoms with Crippen LogP contribution in [0.15, 0.2) is 46.9 Å². The highest BCUT2D eigenvalue weighted by atomic mass is 32.2. The minimum Gasteiger partial charge on any atom is -0.494 e. The summed E-state index contributed by atoms with van der Waals surface area (Å²) >= 11 is 0. The minimum absolute atomic E-state index is 0.184. The lowest BCUT2D eigenvalue weighted by atomic mass is 10.00. The van der Waals surface area contributed by atoms with E-state index >= 15 is 0 Å². The normalized spacial score (nSPS) is 11.8. The average molecular weight is 515 g/mol. The maximum atomic E-state index is 13.3. The van der Waals surface area contributed by atoms with E-state index in [-0.39, 0.29) is 5.78 Å². The van der Waals surface area contributed by atoms with Crippen molar-refractivity contribution in [3.63, 3.8) is 0 Å². The van der Waals surface area contributed by atoms with E-state index in [1.807, 2.05) is 12.1 Å². The highest BCUT2D eigenvalue weighted by Crippen LogP contribution is 2.33. The number of ketones is 1. The number of sulfonamides is 1. The molecule has 0 unspecified atom stereocenters. The molecule has 7 nitrogen and oxygen atoms in total. The van der Waals surface area contributed by atoms with Gasteiger partial charge in [0.05, 0.1) is 24.1 Å². The first-order valence-electron chi connectivity index (χ1n) is 12.7. The predicted molar refractivity (Wildman–Crippen MR) is 146 cm³/mol. The highest BCUT2D eigenvalue weighted by molar-refractivity contribution is 7.92. The summed E-state index contributed by atoms with van der Waals surface area (Å²) in [6.45, 7) is 10.1. The Kier molecular flexibility index (Phi) is 9.96.